The van der Waals surface area contributed by atoms with E-state index in [1.54, 1.807) is 30.3 Å². The summed E-state index contributed by atoms with van der Waals surface area (Å²) in [5.41, 5.74) is 3.96. The first-order valence-electron chi connectivity index (χ1n) is 9.88. The van der Waals surface area contributed by atoms with Crippen molar-refractivity contribution in [3.63, 3.8) is 0 Å². The predicted octanol–water partition coefficient (Wildman–Crippen LogP) is 4.93. The van der Waals surface area contributed by atoms with Crippen LogP contribution in [0.15, 0.2) is 60.8 Å². The molecule has 0 unspecified atom stereocenters. The summed E-state index contributed by atoms with van der Waals surface area (Å²) in [6, 6.07) is 17.0. The zero-order chi connectivity index (χ0) is 21.8. The maximum absolute atomic E-state index is 13.2. The fraction of sp³-hybridized carbons (Fsp3) is 0.208. The van der Waals surface area contributed by atoms with Crippen LogP contribution in [0.3, 0.4) is 0 Å². The van der Waals surface area contributed by atoms with Crippen LogP contribution in [0, 0.1) is 13.8 Å². The second-order valence-electron chi connectivity index (χ2n) is 7.19. The molecule has 2 aromatic heterocycles. The maximum atomic E-state index is 13.2. The number of rotatable bonds is 7. The number of thiazole rings is 1. The Balaban J connectivity index is 1.62. The summed E-state index contributed by atoms with van der Waals surface area (Å²) in [4.78, 5) is 24.0. The molecular formula is C24H23N3O3S. The molecule has 4 rings (SSSR count). The highest BCUT2D eigenvalue weighted by atomic mass is 32.1. The van der Waals surface area contributed by atoms with E-state index in [1.165, 1.54) is 16.9 Å². The lowest BCUT2D eigenvalue weighted by Crippen LogP contribution is -2.34. The Labute approximate surface area is 185 Å². The van der Waals surface area contributed by atoms with Gasteiger partial charge < -0.3 is 9.47 Å². The van der Waals surface area contributed by atoms with E-state index in [1.807, 2.05) is 37.3 Å². The average Bonchev–Trinajstić information content (AvgIpc) is 3.20. The SMILES string of the molecule is COc1cccc(OCC(=O)N(Cc2ccccn2)c2nc3c(C)cc(C)cc3s2)c1. The van der Waals surface area contributed by atoms with Crippen molar-refractivity contribution >= 4 is 32.6 Å². The number of anilines is 1. The van der Waals surface area contributed by atoms with Gasteiger partial charge in [0.2, 0.25) is 0 Å². The summed E-state index contributed by atoms with van der Waals surface area (Å²) in [5, 5.41) is 0.633. The number of fused-ring (bicyclic) bond motifs is 1. The number of benzene rings is 2. The minimum atomic E-state index is -0.193. The zero-order valence-corrected chi connectivity index (χ0v) is 18.5. The Morgan fingerprint density at radius 1 is 1.06 bits per heavy atom. The molecule has 4 aromatic rings. The van der Waals surface area contributed by atoms with Gasteiger partial charge in [0.1, 0.15) is 11.5 Å². The number of carbonyl (C=O) groups is 1. The molecule has 0 fully saturated rings. The van der Waals surface area contributed by atoms with E-state index in [-0.39, 0.29) is 12.5 Å². The summed E-state index contributed by atoms with van der Waals surface area (Å²) >= 11 is 1.50. The van der Waals surface area contributed by atoms with Crippen LogP contribution in [0.25, 0.3) is 10.2 Å². The molecule has 0 radical (unpaired) electrons. The molecular weight excluding hydrogens is 410 g/mol. The molecule has 2 heterocycles. The molecule has 0 aliphatic carbocycles. The number of carbonyl (C=O) groups excluding carboxylic acids is 1. The maximum Gasteiger partial charge on any atom is 0.267 e. The Morgan fingerprint density at radius 2 is 1.90 bits per heavy atom. The average molecular weight is 434 g/mol. The largest absolute Gasteiger partial charge is 0.497 e. The van der Waals surface area contributed by atoms with Gasteiger partial charge in [0.25, 0.3) is 5.91 Å². The fourth-order valence-electron chi connectivity index (χ4n) is 3.30. The van der Waals surface area contributed by atoms with Gasteiger partial charge in [0, 0.05) is 12.3 Å². The van der Waals surface area contributed by atoms with Gasteiger partial charge in [-0.05, 0) is 55.3 Å². The molecule has 0 aliphatic heterocycles. The molecule has 0 saturated carbocycles. The third-order valence-corrected chi connectivity index (χ3v) is 5.83. The van der Waals surface area contributed by atoms with Crippen LogP contribution in [-0.4, -0.2) is 29.6 Å². The standard InChI is InChI=1S/C24H23N3O3S/c1-16-11-17(2)23-21(12-16)31-24(26-23)27(14-18-7-4-5-10-25-18)22(28)15-30-20-9-6-8-19(13-20)29-3/h4-13H,14-15H2,1-3H3. The molecule has 0 atom stereocenters. The monoisotopic (exact) mass is 433 g/mol. The van der Waals surface area contributed by atoms with Gasteiger partial charge in [0.15, 0.2) is 11.7 Å². The highest BCUT2D eigenvalue weighted by Gasteiger charge is 2.22. The summed E-state index contributed by atoms with van der Waals surface area (Å²) in [5.74, 6) is 1.05. The van der Waals surface area contributed by atoms with E-state index in [0.29, 0.717) is 23.2 Å². The Bertz CT molecular complexity index is 1210. The summed E-state index contributed by atoms with van der Waals surface area (Å²) < 4.78 is 12.0. The second kappa shape index (κ2) is 9.14. The van der Waals surface area contributed by atoms with Gasteiger partial charge >= 0.3 is 0 Å². The van der Waals surface area contributed by atoms with Crippen molar-refractivity contribution in [3.8, 4) is 11.5 Å². The number of hydrogen-bond donors (Lipinski definition) is 0. The summed E-state index contributed by atoms with van der Waals surface area (Å²) in [6.45, 7) is 4.30. The number of nitrogens with zero attached hydrogens (tertiary/aromatic N) is 3. The molecule has 0 saturated heterocycles. The van der Waals surface area contributed by atoms with Crippen LogP contribution >= 0.6 is 11.3 Å². The molecule has 6 nitrogen and oxygen atoms in total. The van der Waals surface area contributed by atoms with Gasteiger partial charge in [-0.15, -0.1) is 0 Å². The Hall–Kier alpha value is -3.45. The van der Waals surface area contributed by atoms with Crippen LogP contribution in [0.1, 0.15) is 16.8 Å². The number of aryl methyl sites for hydroxylation is 2. The summed E-state index contributed by atoms with van der Waals surface area (Å²) in [6.07, 6.45) is 1.72. The lowest BCUT2D eigenvalue weighted by molar-refractivity contribution is -0.120. The van der Waals surface area contributed by atoms with Crippen molar-refractivity contribution in [1.29, 1.82) is 0 Å². The number of methoxy groups -OCH3 is 1. The van der Waals surface area contributed by atoms with Crippen LogP contribution < -0.4 is 14.4 Å². The second-order valence-corrected chi connectivity index (χ2v) is 8.20. The first kappa shape index (κ1) is 20.8. The fourth-order valence-corrected chi connectivity index (χ4v) is 4.46. The third-order valence-electron chi connectivity index (χ3n) is 4.80. The first-order valence-corrected chi connectivity index (χ1v) is 10.7. The van der Waals surface area contributed by atoms with Gasteiger partial charge in [0.05, 0.1) is 29.6 Å². The number of hydrogen-bond acceptors (Lipinski definition) is 6. The minimum absolute atomic E-state index is 0.117. The zero-order valence-electron chi connectivity index (χ0n) is 17.7. The summed E-state index contributed by atoms with van der Waals surface area (Å²) in [7, 11) is 1.59. The van der Waals surface area contributed by atoms with E-state index in [9.17, 15) is 4.79 Å². The first-order chi connectivity index (χ1) is 15.0. The minimum Gasteiger partial charge on any atom is -0.497 e. The van der Waals surface area contributed by atoms with E-state index in [4.69, 9.17) is 14.5 Å². The van der Waals surface area contributed by atoms with Crippen LogP contribution in [0.4, 0.5) is 5.13 Å². The Morgan fingerprint density at radius 3 is 2.68 bits per heavy atom. The van der Waals surface area contributed by atoms with Crippen molar-refractivity contribution in [1.82, 2.24) is 9.97 Å². The quantitative estimate of drug-likeness (QED) is 0.414. The highest BCUT2D eigenvalue weighted by Crippen LogP contribution is 2.32. The van der Waals surface area contributed by atoms with Gasteiger partial charge in [-0.1, -0.05) is 29.5 Å². The van der Waals surface area contributed by atoms with Gasteiger partial charge in [-0.3, -0.25) is 14.7 Å². The normalized spacial score (nSPS) is 10.8. The predicted molar refractivity (Wildman–Crippen MR) is 123 cm³/mol. The molecule has 2 aromatic carbocycles. The molecule has 0 N–H and O–H groups in total. The number of ether oxygens (including phenoxy) is 2. The Kier molecular flexibility index (Phi) is 6.13. The number of aromatic nitrogens is 2. The van der Waals surface area contributed by atoms with Crippen molar-refractivity contribution in [2.75, 3.05) is 18.6 Å². The van der Waals surface area contributed by atoms with Gasteiger partial charge in [-0.25, -0.2) is 4.98 Å². The lowest BCUT2D eigenvalue weighted by Gasteiger charge is -2.19. The number of pyridine rings is 1. The third kappa shape index (κ3) is 4.83. The van der Waals surface area contributed by atoms with E-state index in [0.717, 1.165) is 21.5 Å². The highest BCUT2D eigenvalue weighted by molar-refractivity contribution is 7.22. The number of amides is 1. The van der Waals surface area contributed by atoms with Crippen molar-refractivity contribution < 1.29 is 14.3 Å². The lowest BCUT2D eigenvalue weighted by atomic mass is 10.1. The van der Waals surface area contributed by atoms with Crippen molar-refractivity contribution in [3.05, 3.63) is 77.6 Å². The molecule has 31 heavy (non-hydrogen) atoms. The van der Waals surface area contributed by atoms with Crippen LogP contribution in [0.2, 0.25) is 0 Å². The molecule has 0 bridgehead atoms. The molecule has 1 amide bonds. The van der Waals surface area contributed by atoms with Gasteiger partial charge in [-0.2, -0.15) is 0 Å². The van der Waals surface area contributed by atoms with Crippen molar-refractivity contribution in [2.45, 2.75) is 20.4 Å². The van der Waals surface area contributed by atoms with Crippen LogP contribution in [0.5, 0.6) is 11.5 Å². The van der Waals surface area contributed by atoms with E-state index < -0.39 is 0 Å². The van der Waals surface area contributed by atoms with E-state index >= 15 is 0 Å². The molecule has 0 aliphatic rings. The smallest absolute Gasteiger partial charge is 0.267 e. The molecule has 0 spiro atoms. The molecule has 7 heteroatoms. The molecule has 158 valence electrons. The van der Waals surface area contributed by atoms with Crippen molar-refractivity contribution in [2.24, 2.45) is 0 Å². The van der Waals surface area contributed by atoms with E-state index in [2.05, 4.69) is 24.0 Å². The van der Waals surface area contributed by atoms with Crippen LogP contribution in [-0.2, 0) is 11.3 Å². The topological polar surface area (TPSA) is 64.6 Å².